The average Bonchev–Trinajstić information content (AvgIpc) is 2.83. The number of methoxy groups -OCH3 is 1. The molecule has 1 N–H and O–H groups in total. The smallest absolute Gasteiger partial charge is 0.307 e. The highest BCUT2D eigenvalue weighted by Gasteiger charge is 2.17. The summed E-state index contributed by atoms with van der Waals surface area (Å²) in [5.74, 6) is -0.207. The molecule has 0 radical (unpaired) electrons. The van der Waals surface area contributed by atoms with Gasteiger partial charge in [-0.2, -0.15) is 5.10 Å². The molecule has 0 saturated carbocycles. The lowest BCUT2D eigenvalue weighted by Gasteiger charge is -2.15. The zero-order chi connectivity index (χ0) is 13.5. The van der Waals surface area contributed by atoms with Crippen LogP contribution in [0.25, 0.3) is 0 Å². The fourth-order valence-electron chi connectivity index (χ4n) is 1.69. The predicted molar refractivity (Wildman–Crippen MR) is 70.3 cm³/mol. The van der Waals surface area contributed by atoms with Crippen molar-refractivity contribution in [2.24, 2.45) is 0 Å². The van der Waals surface area contributed by atoms with Crippen molar-refractivity contribution in [3.8, 4) is 0 Å². The molecule has 0 saturated heterocycles. The number of ether oxygens (including phenoxy) is 1. The summed E-state index contributed by atoms with van der Waals surface area (Å²) in [6.45, 7) is 7.12. The number of carbonyl (C=O) groups is 1. The maximum Gasteiger partial charge on any atom is 0.307 e. The summed E-state index contributed by atoms with van der Waals surface area (Å²) in [6.07, 6.45) is 5.16. The van der Waals surface area contributed by atoms with E-state index in [0.717, 1.165) is 18.5 Å². The summed E-state index contributed by atoms with van der Waals surface area (Å²) in [6, 6.07) is 0.300. The van der Waals surface area contributed by atoms with Crippen LogP contribution in [0.3, 0.4) is 0 Å². The molecule has 5 heteroatoms. The first-order valence-corrected chi connectivity index (χ1v) is 6.42. The van der Waals surface area contributed by atoms with Crippen molar-refractivity contribution in [3.05, 3.63) is 18.0 Å². The number of aromatic nitrogens is 2. The second kappa shape index (κ2) is 7.16. The lowest BCUT2D eigenvalue weighted by molar-refractivity contribution is -0.141. The predicted octanol–water partition coefficient (Wildman–Crippen LogP) is 2.07. The van der Waals surface area contributed by atoms with Gasteiger partial charge in [-0.05, 0) is 26.8 Å². The molecule has 0 fully saturated rings. The van der Waals surface area contributed by atoms with Crippen molar-refractivity contribution < 1.29 is 9.53 Å². The Labute approximate surface area is 109 Å². The fourth-order valence-corrected chi connectivity index (χ4v) is 1.69. The standard InChI is InChI=1S/C13H23N3O2/c1-5-6-14-12(7-13(17)18-4)11-8-15-16(9-11)10(2)3/h8-10,12,14H,5-7H2,1-4H3. The molecule has 0 aromatic carbocycles. The molecular formula is C13H23N3O2. The number of esters is 1. The second-order valence-corrected chi connectivity index (χ2v) is 4.63. The van der Waals surface area contributed by atoms with Crippen LogP contribution >= 0.6 is 0 Å². The maximum atomic E-state index is 11.4. The van der Waals surface area contributed by atoms with E-state index in [1.54, 1.807) is 0 Å². The Morgan fingerprint density at radius 1 is 1.56 bits per heavy atom. The maximum absolute atomic E-state index is 11.4. The van der Waals surface area contributed by atoms with E-state index in [1.165, 1.54) is 7.11 Å². The van der Waals surface area contributed by atoms with Crippen molar-refractivity contribution in [1.82, 2.24) is 15.1 Å². The largest absolute Gasteiger partial charge is 0.469 e. The van der Waals surface area contributed by atoms with Crippen LogP contribution in [0.15, 0.2) is 12.4 Å². The molecule has 1 aromatic rings. The Kier molecular flexibility index (Phi) is 5.85. The number of nitrogens with one attached hydrogen (secondary N) is 1. The summed E-state index contributed by atoms with van der Waals surface area (Å²) in [5.41, 5.74) is 1.03. The normalized spacial score (nSPS) is 12.7. The summed E-state index contributed by atoms with van der Waals surface area (Å²) < 4.78 is 6.63. The molecule has 1 heterocycles. The molecule has 1 aromatic heterocycles. The molecular weight excluding hydrogens is 230 g/mol. The van der Waals surface area contributed by atoms with Gasteiger partial charge >= 0.3 is 5.97 Å². The van der Waals surface area contributed by atoms with Crippen LogP contribution in [-0.4, -0.2) is 29.4 Å². The minimum atomic E-state index is -0.207. The first-order chi connectivity index (χ1) is 8.58. The lowest BCUT2D eigenvalue weighted by atomic mass is 10.1. The SMILES string of the molecule is CCCNC(CC(=O)OC)c1cnn(C(C)C)c1. The van der Waals surface area contributed by atoms with E-state index in [-0.39, 0.29) is 12.0 Å². The topological polar surface area (TPSA) is 56.1 Å². The van der Waals surface area contributed by atoms with Gasteiger partial charge in [0.15, 0.2) is 0 Å². The molecule has 18 heavy (non-hydrogen) atoms. The number of hydrogen-bond acceptors (Lipinski definition) is 4. The van der Waals surface area contributed by atoms with Gasteiger partial charge in [0.05, 0.1) is 19.7 Å². The van der Waals surface area contributed by atoms with Gasteiger partial charge in [-0.25, -0.2) is 0 Å². The summed E-state index contributed by atoms with van der Waals surface area (Å²) in [5, 5.41) is 7.65. The molecule has 1 rings (SSSR count). The zero-order valence-corrected chi connectivity index (χ0v) is 11.6. The Morgan fingerprint density at radius 3 is 2.78 bits per heavy atom. The van der Waals surface area contributed by atoms with E-state index >= 15 is 0 Å². The van der Waals surface area contributed by atoms with Crippen LogP contribution in [0.5, 0.6) is 0 Å². The van der Waals surface area contributed by atoms with Crippen molar-refractivity contribution in [1.29, 1.82) is 0 Å². The first-order valence-electron chi connectivity index (χ1n) is 6.42. The highest BCUT2D eigenvalue weighted by atomic mass is 16.5. The average molecular weight is 253 g/mol. The molecule has 0 aliphatic carbocycles. The van der Waals surface area contributed by atoms with Crippen LogP contribution in [-0.2, 0) is 9.53 Å². The number of nitrogens with zero attached hydrogens (tertiary/aromatic N) is 2. The highest BCUT2D eigenvalue weighted by molar-refractivity contribution is 5.70. The van der Waals surface area contributed by atoms with Crippen molar-refractivity contribution >= 4 is 5.97 Å². The number of hydrogen-bond donors (Lipinski definition) is 1. The molecule has 0 aliphatic heterocycles. The third kappa shape index (κ3) is 4.14. The van der Waals surface area contributed by atoms with E-state index in [9.17, 15) is 4.79 Å². The minimum Gasteiger partial charge on any atom is -0.469 e. The summed E-state index contributed by atoms with van der Waals surface area (Å²) >= 11 is 0. The molecule has 1 unspecified atom stereocenters. The minimum absolute atomic E-state index is 0.0232. The fraction of sp³-hybridized carbons (Fsp3) is 0.692. The summed E-state index contributed by atoms with van der Waals surface area (Å²) in [7, 11) is 1.41. The highest BCUT2D eigenvalue weighted by Crippen LogP contribution is 2.18. The zero-order valence-electron chi connectivity index (χ0n) is 11.6. The van der Waals surface area contributed by atoms with Crippen LogP contribution in [0, 0.1) is 0 Å². The van der Waals surface area contributed by atoms with Crippen LogP contribution < -0.4 is 5.32 Å². The number of carbonyl (C=O) groups excluding carboxylic acids is 1. The Hall–Kier alpha value is -1.36. The van der Waals surface area contributed by atoms with Crippen molar-refractivity contribution in [3.63, 3.8) is 0 Å². The molecule has 102 valence electrons. The van der Waals surface area contributed by atoms with E-state index in [4.69, 9.17) is 4.74 Å². The Morgan fingerprint density at radius 2 is 2.28 bits per heavy atom. The monoisotopic (exact) mass is 253 g/mol. The molecule has 0 aliphatic rings. The molecule has 0 bridgehead atoms. The van der Waals surface area contributed by atoms with Gasteiger partial charge in [0, 0.05) is 23.8 Å². The first kappa shape index (κ1) is 14.7. The van der Waals surface area contributed by atoms with Gasteiger partial charge in [0.1, 0.15) is 0 Å². The quantitative estimate of drug-likeness (QED) is 0.756. The van der Waals surface area contributed by atoms with Gasteiger partial charge in [-0.1, -0.05) is 6.92 Å². The van der Waals surface area contributed by atoms with Gasteiger partial charge in [0.2, 0.25) is 0 Å². The molecule has 0 spiro atoms. The van der Waals surface area contributed by atoms with Crippen LogP contribution in [0.1, 0.15) is 51.3 Å². The van der Waals surface area contributed by atoms with E-state index in [2.05, 4.69) is 31.2 Å². The number of rotatable bonds is 7. The molecule has 1 atom stereocenters. The molecule has 0 amide bonds. The summed E-state index contributed by atoms with van der Waals surface area (Å²) in [4.78, 5) is 11.4. The van der Waals surface area contributed by atoms with E-state index in [0.29, 0.717) is 12.5 Å². The Balaban J connectivity index is 2.76. The van der Waals surface area contributed by atoms with Crippen LogP contribution in [0.2, 0.25) is 0 Å². The van der Waals surface area contributed by atoms with Gasteiger partial charge in [0.25, 0.3) is 0 Å². The van der Waals surface area contributed by atoms with Gasteiger partial charge in [-0.3, -0.25) is 9.48 Å². The second-order valence-electron chi connectivity index (χ2n) is 4.63. The van der Waals surface area contributed by atoms with Crippen molar-refractivity contribution in [2.45, 2.75) is 45.7 Å². The van der Waals surface area contributed by atoms with E-state index in [1.807, 2.05) is 17.1 Å². The third-order valence-electron chi connectivity index (χ3n) is 2.79. The van der Waals surface area contributed by atoms with Gasteiger partial charge in [-0.15, -0.1) is 0 Å². The molecule has 5 nitrogen and oxygen atoms in total. The van der Waals surface area contributed by atoms with Crippen LogP contribution in [0.4, 0.5) is 0 Å². The van der Waals surface area contributed by atoms with Crippen molar-refractivity contribution in [2.75, 3.05) is 13.7 Å². The Bertz CT molecular complexity index is 374. The third-order valence-corrected chi connectivity index (χ3v) is 2.79. The van der Waals surface area contributed by atoms with Gasteiger partial charge < -0.3 is 10.1 Å². The van der Waals surface area contributed by atoms with E-state index < -0.39 is 0 Å². The lowest BCUT2D eigenvalue weighted by Crippen LogP contribution is -2.24.